The third-order valence-electron chi connectivity index (χ3n) is 3.14. The molecule has 1 aromatic rings. The highest BCUT2D eigenvalue weighted by atomic mass is 15.1. The lowest BCUT2D eigenvalue weighted by Crippen LogP contribution is -2.31. The van der Waals surface area contributed by atoms with Gasteiger partial charge in [0, 0.05) is 19.1 Å². The predicted octanol–water partition coefficient (Wildman–Crippen LogP) is 2.89. The number of aryl methyl sites for hydroxylation is 2. The van der Waals surface area contributed by atoms with E-state index in [1.54, 1.807) is 0 Å². The van der Waals surface area contributed by atoms with E-state index in [-0.39, 0.29) is 6.04 Å². The summed E-state index contributed by atoms with van der Waals surface area (Å²) in [6.07, 6.45) is 0. The van der Waals surface area contributed by atoms with Crippen molar-refractivity contribution in [1.29, 1.82) is 0 Å². The molecule has 0 saturated carbocycles. The van der Waals surface area contributed by atoms with Gasteiger partial charge in [0.05, 0.1) is 0 Å². The fourth-order valence-corrected chi connectivity index (χ4v) is 2.13. The van der Waals surface area contributed by atoms with Crippen molar-refractivity contribution in [2.75, 3.05) is 20.1 Å². The molecule has 0 bridgehead atoms. The Labute approximate surface area is 106 Å². The Balaban J connectivity index is 2.63. The normalized spacial score (nSPS) is 13.4. The summed E-state index contributed by atoms with van der Waals surface area (Å²) in [5.41, 5.74) is 10.1. The monoisotopic (exact) mass is 234 g/mol. The summed E-state index contributed by atoms with van der Waals surface area (Å²) in [4.78, 5) is 2.31. The molecule has 1 rings (SSSR count). The van der Waals surface area contributed by atoms with E-state index in [0.717, 1.165) is 13.1 Å². The van der Waals surface area contributed by atoms with Crippen molar-refractivity contribution in [3.8, 4) is 0 Å². The molecule has 0 aliphatic heterocycles. The van der Waals surface area contributed by atoms with Gasteiger partial charge in [0.15, 0.2) is 0 Å². The second kappa shape index (κ2) is 6.18. The lowest BCUT2D eigenvalue weighted by Gasteiger charge is -2.23. The minimum Gasteiger partial charge on any atom is -0.323 e. The highest BCUT2D eigenvalue weighted by molar-refractivity contribution is 5.31. The summed E-state index contributed by atoms with van der Waals surface area (Å²) in [6, 6.07) is 6.63. The van der Waals surface area contributed by atoms with Crippen LogP contribution in [-0.4, -0.2) is 25.0 Å². The first-order chi connectivity index (χ1) is 7.90. The lowest BCUT2D eigenvalue weighted by molar-refractivity contribution is 0.279. The predicted molar refractivity (Wildman–Crippen MR) is 75.2 cm³/mol. The minimum atomic E-state index is 0.109. The molecule has 2 heteroatoms. The molecule has 17 heavy (non-hydrogen) atoms. The largest absolute Gasteiger partial charge is 0.323 e. The van der Waals surface area contributed by atoms with Crippen molar-refractivity contribution in [3.63, 3.8) is 0 Å². The zero-order valence-electron chi connectivity index (χ0n) is 11.8. The first-order valence-electron chi connectivity index (χ1n) is 6.41. The van der Waals surface area contributed by atoms with Crippen molar-refractivity contribution in [2.24, 2.45) is 11.7 Å². The topological polar surface area (TPSA) is 29.3 Å². The zero-order chi connectivity index (χ0) is 13.0. The van der Waals surface area contributed by atoms with E-state index in [0.29, 0.717) is 5.92 Å². The molecule has 0 amide bonds. The van der Waals surface area contributed by atoms with Gasteiger partial charge in [-0.25, -0.2) is 0 Å². The molecule has 2 nitrogen and oxygen atoms in total. The van der Waals surface area contributed by atoms with Gasteiger partial charge in [0.25, 0.3) is 0 Å². The summed E-state index contributed by atoms with van der Waals surface area (Å²) in [6.45, 7) is 10.8. The molecule has 2 N–H and O–H groups in total. The SMILES string of the molecule is Cc1ccc(C(N)CN(C)CC(C)C)cc1C. The van der Waals surface area contributed by atoms with Crippen LogP contribution in [-0.2, 0) is 0 Å². The standard InChI is InChI=1S/C15H26N2/c1-11(2)9-17(5)10-15(16)14-7-6-12(3)13(4)8-14/h6-8,11,15H,9-10,16H2,1-5H3. The lowest BCUT2D eigenvalue weighted by atomic mass is 10.0. The first kappa shape index (κ1) is 14.2. The maximum atomic E-state index is 6.25. The third-order valence-corrected chi connectivity index (χ3v) is 3.14. The van der Waals surface area contributed by atoms with Crippen molar-refractivity contribution < 1.29 is 0 Å². The van der Waals surface area contributed by atoms with E-state index in [2.05, 4.69) is 57.8 Å². The maximum Gasteiger partial charge on any atom is 0.0424 e. The first-order valence-corrected chi connectivity index (χ1v) is 6.41. The van der Waals surface area contributed by atoms with Gasteiger partial charge in [-0.15, -0.1) is 0 Å². The molecule has 96 valence electrons. The van der Waals surface area contributed by atoms with Gasteiger partial charge in [0.1, 0.15) is 0 Å². The Hall–Kier alpha value is -0.860. The number of benzene rings is 1. The molecular weight excluding hydrogens is 208 g/mol. The van der Waals surface area contributed by atoms with Crippen LogP contribution in [0.2, 0.25) is 0 Å². The van der Waals surface area contributed by atoms with Crippen LogP contribution in [0.25, 0.3) is 0 Å². The quantitative estimate of drug-likeness (QED) is 0.849. The summed E-state index contributed by atoms with van der Waals surface area (Å²) in [7, 11) is 2.14. The number of rotatable bonds is 5. The number of hydrogen-bond acceptors (Lipinski definition) is 2. The van der Waals surface area contributed by atoms with Gasteiger partial charge in [0.2, 0.25) is 0 Å². The molecule has 0 spiro atoms. The minimum absolute atomic E-state index is 0.109. The third kappa shape index (κ3) is 4.49. The maximum absolute atomic E-state index is 6.25. The average Bonchev–Trinajstić information content (AvgIpc) is 2.20. The Bertz CT molecular complexity index is 358. The Kier molecular flexibility index (Phi) is 5.16. The van der Waals surface area contributed by atoms with Crippen LogP contribution < -0.4 is 5.73 Å². The van der Waals surface area contributed by atoms with E-state index < -0.39 is 0 Å². The smallest absolute Gasteiger partial charge is 0.0424 e. The van der Waals surface area contributed by atoms with E-state index in [1.165, 1.54) is 16.7 Å². The van der Waals surface area contributed by atoms with E-state index in [9.17, 15) is 0 Å². The number of nitrogens with zero attached hydrogens (tertiary/aromatic N) is 1. The zero-order valence-corrected chi connectivity index (χ0v) is 11.8. The van der Waals surface area contributed by atoms with Crippen LogP contribution >= 0.6 is 0 Å². The van der Waals surface area contributed by atoms with Crippen molar-refractivity contribution >= 4 is 0 Å². The molecular formula is C15H26N2. The molecule has 0 saturated heterocycles. The van der Waals surface area contributed by atoms with Gasteiger partial charge in [-0.1, -0.05) is 32.0 Å². The van der Waals surface area contributed by atoms with Gasteiger partial charge in [-0.2, -0.15) is 0 Å². The number of likely N-dealkylation sites (N-methyl/N-ethyl adjacent to an activating group) is 1. The highest BCUT2D eigenvalue weighted by Gasteiger charge is 2.10. The molecule has 0 aromatic heterocycles. The van der Waals surface area contributed by atoms with E-state index >= 15 is 0 Å². The van der Waals surface area contributed by atoms with Gasteiger partial charge in [-0.05, 0) is 43.5 Å². The summed E-state index contributed by atoms with van der Waals surface area (Å²) < 4.78 is 0. The van der Waals surface area contributed by atoms with Gasteiger partial charge < -0.3 is 10.6 Å². The van der Waals surface area contributed by atoms with Crippen molar-refractivity contribution in [2.45, 2.75) is 33.7 Å². The van der Waals surface area contributed by atoms with Crippen molar-refractivity contribution in [1.82, 2.24) is 4.90 Å². The average molecular weight is 234 g/mol. The highest BCUT2D eigenvalue weighted by Crippen LogP contribution is 2.16. The molecule has 0 fully saturated rings. The molecule has 1 aromatic carbocycles. The summed E-state index contributed by atoms with van der Waals surface area (Å²) in [5.74, 6) is 0.687. The fourth-order valence-electron chi connectivity index (χ4n) is 2.13. The Morgan fingerprint density at radius 1 is 1.12 bits per heavy atom. The van der Waals surface area contributed by atoms with Crippen molar-refractivity contribution in [3.05, 3.63) is 34.9 Å². The van der Waals surface area contributed by atoms with Crippen LogP contribution in [0.3, 0.4) is 0 Å². The van der Waals surface area contributed by atoms with Crippen LogP contribution in [0.15, 0.2) is 18.2 Å². The molecule has 0 aliphatic carbocycles. The summed E-state index contributed by atoms with van der Waals surface area (Å²) in [5, 5.41) is 0. The van der Waals surface area contributed by atoms with Crippen LogP contribution in [0.4, 0.5) is 0 Å². The van der Waals surface area contributed by atoms with Crippen LogP contribution in [0, 0.1) is 19.8 Å². The Morgan fingerprint density at radius 3 is 2.29 bits per heavy atom. The van der Waals surface area contributed by atoms with Gasteiger partial charge in [-0.3, -0.25) is 0 Å². The van der Waals surface area contributed by atoms with Gasteiger partial charge >= 0.3 is 0 Å². The van der Waals surface area contributed by atoms with E-state index in [4.69, 9.17) is 5.73 Å². The fraction of sp³-hybridized carbons (Fsp3) is 0.600. The Morgan fingerprint density at radius 2 is 1.76 bits per heavy atom. The van der Waals surface area contributed by atoms with Crippen LogP contribution in [0.1, 0.15) is 36.6 Å². The molecule has 0 aliphatic rings. The van der Waals surface area contributed by atoms with Crippen LogP contribution in [0.5, 0.6) is 0 Å². The second-order valence-electron chi connectivity index (χ2n) is 5.57. The summed E-state index contributed by atoms with van der Waals surface area (Å²) >= 11 is 0. The number of hydrogen-bond donors (Lipinski definition) is 1. The van der Waals surface area contributed by atoms with E-state index in [1.807, 2.05) is 0 Å². The molecule has 0 heterocycles. The molecule has 0 radical (unpaired) electrons. The number of nitrogens with two attached hydrogens (primary N) is 1. The molecule has 1 unspecified atom stereocenters. The second-order valence-corrected chi connectivity index (χ2v) is 5.57. The molecule has 1 atom stereocenters.